The fourth-order valence-corrected chi connectivity index (χ4v) is 1.91. The summed E-state index contributed by atoms with van der Waals surface area (Å²) in [5.74, 6) is -2.71. The smallest absolute Gasteiger partial charge is 0.316 e. The fourth-order valence-electron chi connectivity index (χ4n) is 1.91. The van der Waals surface area contributed by atoms with Crippen molar-refractivity contribution in [3.8, 4) is 0 Å². The van der Waals surface area contributed by atoms with Gasteiger partial charge in [-0.05, 0) is 5.56 Å². The van der Waals surface area contributed by atoms with Gasteiger partial charge in [0.25, 0.3) is 0 Å². The molecule has 2 N–H and O–H groups in total. The summed E-state index contributed by atoms with van der Waals surface area (Å²) in [6.45, 7) is 0.388. The second-order valence-corrected chi connectivity index (χ2v) is 3.99. The highest BCUT2D eigenvalue weighted by molar-refractivity contribution is 5.99. The summed E-state index contributed by atoms with van der Waals surface area (Å²) >= 11 is 0. The zero-order valence-corrected chi connectivity index (χ0v) is 9.17. The number of benzene rings is 1. The first kappa shape index (κ1) is 11.4. The van der Waals surface area contributed by atoms with Gasteiger partial charge in [0.1, 0.15) is 5.92 Å². The van der Waals surface area contributed by atoms with Crippen molar-refractivity contribution in [1.82, 2.24) is 5.32 Å². The number of hydrogen-bond acceptors (Lipinski definition) is 2. The van der Waals surface area contributed by atoms with E-state index in [1.807, 2.05) is 36.4 Å². The first-order valence-electron chi connectivity index (χ1n) is 5.42. The topological polar surface area (TPSA) is 66.4 Å². The van der Waals surface area contributed by atoms with E-state index >= 15 is 0 Å². The third-order valence-corrected chi connectivity index (χ3v) is 2.82. The van der Waals surface area contributed by atoms with Crippen molar-refractivity contribution < 1.29 is 14.7 Å². The maximum Gasteiger partial charge on any atom is 0.316 e. The molecule has 1 saturated heterocycles. The van der Waals surface area contributed by atoms with E-state index in [2.05, 4.69) is 5.32 Å². The van der Waals surface area contributed by atoms with Crippen molar-refractivity contribution in [2.24, 2.45) is 11.8 Å². The fraction of sp³-hybridized carbons (Fsp3) is 0.231. The Balaban J connectivity index is 2.11. The molecule has 1 aliphatic rings. The minimum absolute atomic E-state index is 0.278. The van der Waals surface area contributed by atoms with E-state index in [-0.39, 0.29) is 5.92 Å². The predicted molar refractivity (Wildman–Crippen MR) is 63.1 cm³/mol. The minimum Gasteiger partial charge on any atom is -0.481 e. The van der Waals surface area contributed by atoms with Gasteiger partial charge in [-0.2, -0.15) is 0 Å². The van der Waals surface area contributed by atoms with Crippen molar-refractivity contribution in [2.45, 2.75) is 0 Å². The molecule has 0 aromatic heterocycles. The highest BCUT2D eigenvalue weighted by Gasteiger charge is 2.38. The molecule has 0 radical (unpaired) electrons. The van der Waals surface area contributed by atoms with Crippen LogP contribution in [0.4, 0.5) is 0 Å². The number of carbonyl (C=O) groups excluding carboxylic acids is 1. The average molecular weight is 231 g/mol. The number of hydrogen-bond donors (Lipinski definition) is 2. The van der Waals surface area contributed by atoms with Crippen LogP contribution in [-0.2, 0) is 9.59 Å². The summed E-state index contributed by atoms with van der Waals surface area (Å²) in [4.78, 5) is 22.3. The van der Waals surface area contributed by atoms with E-state index in [9.17, 15) is 9.59 Å². The third-order valence-electron chi connectivity index (χ3n) is 2.82. The summed E-state index contributed by atoms with van der Waals surface area (Å²) in [6.07, 6.45) is 3.63. The van der Waals surface area contributed by atoms with Crippen molar-refractivity contribution in [3.05, 3.63) is 42.0 Å². The molecule has 1 amide bonds. The van der Waals surface area contributed by atoms with Crippen LogP contribution < -0.4 is 5.32 Å². The van der Waals surface area contributed by atoms with E-state index in [0.717, 1.165) is 5.56 Å². The van der Waals surface area contributed by atoms with Crippen LogP contribution in [0.1, 0.15) is 5.56 Å². The lowest BCUT2D eigenvalue weighted by Gasteiger charge is -2.07. The zero-order chi connectivity index (χ0) is 12.3. The van der Waals surface area contributed by atoms with Crippen LogP contribution in [0.3, 0.4) is 0 Å². The first-order chi connectivity index (χ1) is 8.18. The lowest BCUT2D eigenvalue weighted by Crippen LogP contribution is -2.26. The highest BCUT2D eigenvalue weighted by atomic mass is 16.4. The van der Waals surface area contributed by atoms with Gasteiger partial charge >= 0.3 is 5.97 Å². The molecule has 0 bridgehead atoms. The Hall–Kier alpha value is -2.10. The van der Waals surface area contributed by atoms with Crippen LogP contribution in [0.2, 0.25) is 0 Å². The summed E-state index contributed by atoms with van der Waals surface area (Å²) in [6, 6.07) is 9.59. The van der Waals surface area contributed by atoms with E-state index in [0.29, 0.717) is 6.54 Å². The predicted octanol–water partition coefficient (Wildman–Crippen LogP) is 1.15. The lowest BCUT2D eigenvalue weighted by atomic mass is 9.94. The number of carboxylic acids is 1. The number of carbonyl (C=O) groups is 2. The molecule has 2 rings (SSSR count). The molecule has 4 heteroatoms. The van der Waals surface area contributed by atoms with E-state index < -0.39 is 17.8 Å². The monoisotopic (exact) mass is 231 g/mol. The molecular weight excluding hydrogens is 218 g/mol. The summed E-state index contributed by atoms with van der Waals surface area (Å²) in [7, 11) is 0. The van der Waals surface area contributed by atoms with Crippen LogP contribution in [-0.4, -0.2) is 23.5 Å². The van der Waals surface area contributed by atoms with Crippen LogP contribution in [0.25, 0.3) is 6.08 Å². The number of rotatable bonds is 3. The summed E-state index contributed by atoms with van der Waals surface area (Å²) in [5, 5.41) is 11.5. The molecule has 1 fully saturated rings. The van der Waals surface area contributed by atoms with E-state index in [1.54, 1.807) is 6.08 Å². The van der Waals surface area contributed by atoms with Gasteiger partial charge in [0.15, 0.2) is 0 Å². The Kier molecular flexibility index (Phi) is 3.23. The van der Waals surface area contributed by atoms with Gasteiger partial charge in [-0.1, -0.05) is 42.5 Å². The zero-order valence-electron chi connectivity index (χ0n) is 9.17. The van der Waals surface area contributed by atoms with Gasteiger partial charge in [-0.25, -0.2) is 0 Å². The molecule has 88 valence electrons. The van der Waals surface area contributed by atoms with Crippen LogP contribution >= 0.6 is 0 Å². The molecule has 2 atom stereocenters. The van der Waals surface area contributed by atoms with Crippen LogP contribution in [0.15, 0.2) is 36.4 Å². The van der Waals surface area contributed by atoms with Gasteiger partial charge < -0.3 is 10.4 Å². The SMILES string of the molecule is O=C(O)C1C(=O)NCC1/C=C/c1ccccc1. The van der Waals surface area contributed by atoms with Crippen molar-refractivity contribution >= 4 is 18.0 Å². The Morgan fingerprint density at radius 2 is 2.06 bits per heavy atom. The van der Waals surface area contributed by atoms with Crippen LogP contribution in [0, 0.1) is 11.8 Å². The van der Waals surface area contributed by atoms with Gasteiger partial charge in [-0.3, -0.25) is 9.59 Å². The molecule has 17 heavy (non-hydrogen) atoms. The lowest BCUT2D eigenvalue weighted by molar-refractivity contribution is -0.146. The Labute approximate surface area is 99.0 Å². The molecule has 1 heterocycles. The van der Waals surface area contributed by atoms with Gasteiger partial charge in [0.05, 0.1) is 0 Å². The third kappa shape index (κ3) is 2.53. The van der Waals surface area contributed by atoms with E-state index in [1.165, 1.54) is 0 Å². The van der Waals surface area contributed by atoms with Crippen molar-refractivity contribution in [2.75, 3.05) is 6.54 Å². The molecular formula is C13H13NO3. The largest absolute Gasteiger partial charge is 0.481 e. The molecule has 1 aliphatic heterocycles. The second-order valence-electron chi connectivity index (χ2n) is 3.99. The molecule has 1 aromatic rings. The highest BCUT2D eigenvalue weighted by Crippen LogP contribution is 2.20. The van der Waals surface area contributed by atoms with Gasteiger partial charge in [0.2, 0.25) is 5.91 Å². The Bertz CT molecular complexity index is 453. The Morgan fingerprint density at radius 1 is 1.35 bits per heavy atom. The van der Waals surface area contributed by atoms with Crippen molar-refractivity contribution in [3.63, 3.8) is 0 Å². The Morgan fingerprint density at radius 3 is 2.71 bits per heavy atom. The number of carboxylic acid groups (broad SMARTS) is 1. The number of amides is 1. The molecule has 0 saturated carbocycles. The van der Waals surface area contributed by atoms with Crippen molar-refractivity contribution in [1.29, 1.82) is 0 Å². The standard InChI is InChI=1S/C13H13NO3/c15-12-11(13(16)17)10(8-14-12)7-6-9-4-2-1-3-5-9/h1-7,10-11H,8H2,(H,14,15)(H,16,17)/b7-6+. The average Bonchev–Trinajstić information content (AvgIpc) is 2.69. The number of nitrogens with one attached hydrogen (secondary N) is 1. The van der Waals surface area contributed by atoms with Gasteiger partial charge in [0, 0.05) is 12.5 Å². The van der Waals surface area contributed by atoms with Crippen LogP contribution in [0.5, 0.6) is 0 Å². The molecule has 4 nitrogen and oxygen atoms in total. The maximum absolute atomic E-state index is 11.3. The molecule has 0 aliphatic carbocycles. The molecule has 1 aromatic carbocycles. The van der Waals surface area contributed by atoms with Gasteiger partial charge in [-0.15, -0.1) is 0 Å². The summed E-state index contributed by atoms with van der Waals surface area (Å²) < 4.78 is 0. The second kappa shape index (κ2) is 4.82. The van der Waals surface area contributed by atoms with E-state index in [4.69, 9.17) is 5.11 Å². The molecule has 2 unspecified atom stereocenters. The normalized spacial score (nSPS) is 23.9. The minimum atomic E-state index is -1.07. The molecule has 0 spiro atoms. The maximum atomic E-state index is 11.3. The number of aliphatic carboxylic acids is 1. The summed E-state index contributed by atoms with van der Waals surface area (Å²) in [5.41, 5.74) is 0.996. The quantitative estimate of drug-likeness (QED) is 0.767. The first-order valence-corrected chi connectivity index (χ1v) is 5.42.